The van der Waals surface area contributed by atoms with Gasteiger partial charge in [0, 0.05) is 36.6 Å². The molecule has 22 heavy (non-hydrogen) atoms. The van der Waals surface area contributed by atoms with Crippen LogP contribution >= 0.6 is 11.3 Å². The van der Waals surface area contributed by atoms with Gasteiger partial charge in [-0.2, -0.15) is 0 Å². The molecule has 1 aliphatic heterocycles. The maximum Gasteiger partial charge on any atom is 0.227 e. The van der Waals surface area contributed by atoms with Gasteiger partial charge in [0.25, 0.3) is 0 Å². The van der Waals surface area contributed by atoms with Gasteiger partial charge in [-0.25, -0.2) is 4.98 Å². The fourth-order valence-electron chi connectivity index (χ4n) is 2.64. The molecule has 1 saturated heterocycles. The third kappa shape index (κ3) is 3.28. The minimum Gasteiger partial charge on any atom is -0.375 e. The minimum absolute atomic E-state index is 0.214. The number of thiazole rings is 1. The van der Waals surface area contributed by atoms with Crippen LogP contribution < -0.4 is 16.0 Å². The van der Waals surface area contributed by atoms with Gasteiger partial charge >= 0.3 is 0 Å². The Hall–Kier alpha value is -1.92. The SMILES string of the molecule is CC(NCc1csc(N)n1)c1ccc(N2CCCC2=O)cc1. The molecule has 0 bridgehead atoms. The zero-order valence-corrected chi connectivity index (χ0v) is 13.4. The number of carbonyl (C=O) groups excluding carboxylic acids is 1. The summed E-state index contributed by atoms with van der Waals surface area (Å²) >= 11 is 1.46. The summed E-state index contributed by atoms with van der Waals surface area (Å²) in [4.78, 5) is 17.9. The van der Waals surface area contributed by atoms with E-state index in [1.165, 1.54) is 16.9 Å². The van der Waals surface area contributed by atoms with Gasteiger partial charge < -0.3 is 16.0 Å². The zero-order chi connectivity index (χ0) is 15.5. The molecule has 2 heterocycles. The molecule has 0 saturated carbocycles. The Bertz CT molecular complexity index is 652. The second kappa shape index (κ2) is 6.46. The van der Waals surface area contributed by atoms with Crippen LogP contribution in [0.15, 0.2) is 29.6 Å². The molecule has 1 aliphatic rings. The third-order valence-electron chi connectivity index (χ3n) is 3.94. The smallest absolute Gasteiger partial charge is 0.227 e. The molecular weight excluding hydrogens is 296 g/mol. The number of anilines is 2. The third-order valence-corrected chi connectivity index (χ3v) is 4.66. The van der Waals surface area contributed by atoms with Crippen molar-refractivity contribution in [2.75, 3.05) is 17.2 Å². The lowest BCUT2D eigenvalue weighted by Gasteiger charge is -2.18. The fourth-order valence-corrected chi connectivity index (χ4v) is 3.21. The average molecular weight is 316 g/mol. The molecule has 116 valence electrons. The van der Waals surface area contributed by atoms with Crippen molar-refractivity contribution in [1.82, 2.24) is 10.3 Å². The number of amides is 1. The average Bonchev–Trinajstić information content (AvgIpc) is 3.13. The quantitative estimate of drug-likeness (QED) is 0.889. The van der Waals surface area contributed by atoms with Crippen LogP contribution in [0.1, 0.15) is 37.1 Å². The summed E-state index contributed by atoms with van der Waals surface area (Å²) < 4.78 is 0. The Labute approximate surface area is 134 Å². The molecule has 1 amide bonds. The van der Waals surface area contributed by atoms with Crippen molar-refractivity contribution in [1.29, 1.82) is 0 Å². The van der Waals surface area contributed by atoms with E-state index in [9.17, 15) is 4.79 Å². The standard InChI is InChI=1S/C16H20N4OS/c1-11(18-9-13-10-22-16(17)19-13)12-4-6-14(7-5-12)20-8-2-3-15(20)21/h4-7,10-11,18H,2-3,8-9H2,1H3,(H2,17,19). The van der Waals surface area contributed by atoms with Gasteiger partial charge in [0.1, 0.15) is 0 Å². The van der Waals surface area contributed by atoms with E-state index in [4.69, 9.17) is 5.73 Å². The molecule has 0 spiro atoms. The van der Waals surface area contributed by atoms with Gasteiger partial charge in [0.05, 0.1) is 5.69 Å². The van der Waals surface area contributed by atoms with Crippen molar-refractivity contribution >= 4 is 28.1 Å². The summed E-state index contributed by atoms with van der Waals surface area (Å²) in [7, 11) is 0. The van der Waals surface area contributed by atoms with Gasteiger partial charge in [-0.15, -0.1) is 11.3 Å². The first kappa shape index (κ1) is 15.0. The molecule has 1 aromatic heterocycles. The van der Waals surface area contributed by atoms with Crippen molar-refractivity contribution in [3.8, 4) is 0 Å². The summed E-state index contributed by atoms with van der Waals surface area (Å²) in [6.07, 6.45) is 1.62. The van der Waals surface area contributed by atoms with Crippen LogP contribution in [0.5, 0.6) is 0 Å². The Kier molecular flexibility index (Phi) is 4.40. The van der Waals surface area contributed by atoms with E-state index in [0.717, 1.165) is 24.3 Å². The Morgan fingerprint density at radius 3 is 2.77 bits per heavy atom. The molecule has 2 aromatic rings. The Morgan fingerprint density at radius 1 is 1.41 bits per heavy atom. The van der Waals surface area contributed by atoms with Crippen molar-refractivity contribution in [3.63, 3.8) is 0 Å². The maximum absolute atomic E-state index is 11.8. The zero-order valence-electron chi connectivity index (χ0n) is 12.6. The van der Waals surface area contributed by atoms with E-state index >= 15 is 0 Å². The van der Waals surface area contributed by atoms with Gasteiger partial charge in [-0.05, 0) is 31.0 Å². The number of hydrogen-bond acceptors (Lipinski definition) is 5. The molecule has 1 unspecified atom stereocenters. The Morgan fingerprint density at radius 2 is 2.18 bits per heavy atom. The van der Waals surface area contributed by atoms with Crippen LogP contribution in [-0.4, -0.2) is 17.4 Å². The lowest BCUT2D eigenvalue weighted by molar-refractivity contribution is -0.117. The highest BCUT2D eigenvalue weighted by Gasteiger charge is 2.21. The van der Waals surface area contributed by atoms with E-state index in [-0.39, 0.29) is 11.9 Å². The highest BCUT2D eigenvalue weighted by molar-refractivity contribution is 7.13. The van der Waals surface area contributed by atoms with E-state index < -0.39 is 0 Å². The highest BCUT2D eigenvalue weighted by atomic mass is 32.1. The number of nitrogen functional groups attached to an aromatic ring is 1. The van der Waals surface area contributed by atoms with Gasteiger partial charge in [-0.3, -0.25) is 4.79 Å². The number of rotatable bonds is 5. The largest absolute Gasteiger partial charge is 0.375 e. The Balaban J connectivity index is 1.60. The molecule has 1 atom stereocenters. The van der Waals surface area contributed by atoms with Crippen molar-refractivity contribution in [2.24, 2.45) is 0 Å². The minimum atomic E-state index is 0.214. The molecule has 1 fully saturated rings. The fraction of sp³-hybridized carbons (Fsp3) is 0.375. The lowest BCUT2D eigenvalue weighted by Crippen LogP contribution is -2.23. The summed E-state index contributed by atoms with van der Waals surface area (Å²) in [6, 6.07) is 8.42. The van der Waals surface area contributed by atoms with Crippen molar-refractivity contribution in [3.05, 3.63) is 40.9 Å². The van der Waals surface area contributed by atoms with E-state index in [0.29, 0.717) is 18.1 Å². The summed E-state index contributed by atoms with van der Waals surface area (Å²) in [5.74, 6) is 0.222. The molecule has 1 aromatic carbocycles. The van der Waals surface area contributed by atoms with E-state index in [2.05, 4.69) is 29.4 Å². The molecule has 3 N–H and O–H groups in total. The number of nitrogens with one attached hydrogen (secondary N) is 1. The molecule has 0 radical (unpaired) electrons. The number of benzene rings is 1. The summed E-state index contributed by atoms with van der Waals surface area (Å²) in [6.45, 7) is 3.64. The number of carbonyl (C=O) groups is 1. The van der Waals surface area contributed by atoms with Crippen molar-refractivity contribution in [2.45, 2.75) is 32.4 Å². The van der Waals surface area contributed by atoms with Gasteiger partial charge in [-0.1, -0.05) is 12.1 Å². The molecule has 0 aliphatic carbocycles. The first-order valence-electron chi connectivity index (χ1n) is 7.47. The second-order valence-corrected chi connectivity index (χ2v) is 6.41. The predicted octanol–water partition coefficient (Wildman–Crippen LogP) is 2.70. The van der Waals surface area contributed by atoms with Gasteiger partial charge in [0.15, 0.2) is 5.13 Å². The van der Waals surface area contributed by atoms with Crippen LogP contribution in [0.4, 0.5) is 10.8 Å². The van der Waals surface area contributed by atoms with Crippen LogP contribution in [0.25, 0.3) is 0 Å². The van der Waals surface area contributed by atoms with Crippen molar-refractivity contribution < 1.29 is 4.79 Å². The molecular formula is C16H20N4OS. The normalized spacial score (nSPS) is 16.2. The second-order valence-electron chi connectivity index (χ2n) is 5.52. The van der Waals surface area contributed by atoms with Crippen LogP contribution in [0, 0.1) is 0 Å². The monoisotopic (exact) mass is 316 g/mol. The number of hydrogen-bond donors (Lipinski definition) is 2. The number of nitrogens with two attached hydrogens (primary N) is 1. The van der Waals surface area contributed by atoms with E-state index in [1.54, 1.807) is 0 Å². The summed E-state index contributed by atoms with van der Waals surface area (Å²) in [5, 5.41) is 6.00. The molecule has 6 heteroatoms. The topological polar surface area (TPSA) is 71.2 Å². The predicted molar refractivity (Wildman–Crippen MR) is 89.8 cm³/mol. The maximum atomic E-state index is 11.8. The first-order valence-corrected chi connectivity index (χ1v) is 8.35. The highest BCUT2D eigenvalue weighted by Crippen LogP contribution is 2.23. The first-order chi connectivity index (χ1) is 10.6. The molecule has 3 rings (SSSR count). The number of nitrogens with zero attached hydrogens (tertiary/aromatic N) is 2. The molecule has 5 nitrogen and oxygen atoms in total. The van der Waals surface area contributed by atoms with Crippen LogP contribution in [0.3, 0.4) is 0 Å². The van der Waals surface area contributed by atoms with Crippen LogP contribution in [-0.2, 0) is 11.3 Å². The lowest BCUT2D eigenvalue weighted by atomic mass is 10.1. The number of aromatic nitrogens is 1. The van der Waals surface area contributed by atoms with Gasteiger partial charge in [0.2, 0.25) is 5.91 Å². The summed E-state index contributed by atoms with van der Waals surface area (Å²) in [5.41, 5.74) is 8.78. The van der Waals surface area contributed by atoms with E-state index in [1.807, 2.05) is 22.4 Å². The van der Waals surface area contributed by atoms with Crippen LogP contribution in [0.2, 0.25) is 0 Å².